The van der Waals surface area contributed by atoms with Gasteiger partial charge in [-0.25, -0.2) is 8.78 Å². The maximum atomic E-state index is 13.4. The molecule has 21 heavy (non-hydrogen) atoms. The number of hydrogen-bond donors (Lipinski definition) is 1. The molecule has 1 aromatic rings. The second-order valence-corrected chi connectivity index (χ2v) is 6.20. The number of benzene rings is 1. The van der Waals surface area contributed by atoms with E-state index in [4.69, 9.17) is 5.73 Å². The molecule has 4 heteroatoms. The smallest absolute Gasteiger partial charge is 0.126 e. The van der Waals surface area contributed by atoms with E-state index < -0.39 is 11.6 Å². The molecule has 1 aliphatic heterocycles. The number of nitrogens with zero attached hydrogens (tertiary/aromatic N) is 1. The Hall–Kier alpha value is -1.00. The van der Waals surface area contributed by atoms with Crippen molar-refractivity contribution in [1.82, 2.24) is 4.90 Å². The summed E-state index contributed by atoms with van der Waals surface area (Å²) in [6, 6.07) is 3.62. The first-order chi connectivity index (χ1) is 10.0. The Kier molecular flexibility index (Phi) is 5.33. The second kappa shape index (κ2) is 6.84. The predicted octanol–water partition coefficient (Wildman–Crippen LogP) is 3.87. The van der Waals surface area contributed by atoms with Gasteiger partial charge < -0.3 is 5.73 Å². The monoisotopic (exact) mass is 296 g/mol. The molecule has 2 N–H and O–H groups in total. The molecule has 2 rings (SSSR count). The van der Waals surface area contributed by atoms with Gasteiger partial charge in [0.25, 0.3) is 0 Å². The van der Waals surface area contributed by atoms with Crippen molar-refractivity contribution in [2.75, 3.05) is 19.6 Å². The van der Waals surface area contributed by atoms with Gasteiger partial charge >= 0.3 is 0 Å². The van der Waals surface area contributed by atoms with Gasteiger partial charge in [-0.05, 0) is 49.0 Å². The zero-order valence-corrected chi connectivity index (χ0v) is 13.0. The van der Waals surface area contributed by atoms with Gasteiger partial charge in [0.05, 0.1) is 0 Å². The highest BCUT2D eigenvalue weighted by molar-refractivity contribution is 5.22. The van der Waals surface area contributed by atoms with Gasteiger partial charge in [0.15, 0.2) is 0 Å². The Morgan fingerprint density at radius 2 is 1.62 bits per heavy atom. The Bertz CT molecular complexity index is 442. The average molecular weight is 296 g/mol. The van der Waals surface area contributed by atoms with Crippen LogP contribution in [0.3, 0.4) is 0 Å². The van der Waals surface area contributed by atoms with Crippen LogP contribution in [0.15, 0.2) is 18.2 Å². The van der Waals surface area contributed by atoms with Crippen LogP contribution in [0.1, 0.15) is 51.1 Å². The van der Waals surface area contributed by atoms with Gasteiger partial charge in [0.2, 0.25) is 0 Å². The largest absolute Gasteiger partial charge is 0.329 e. The molecule has 0 amide bonds. The number of hydrogen-bond acceptors (Lipinski definition) is 2. The molecule has 0 radical (unpaired) electrons. The topological polar surface area (TPSA) is 29.3 Å². The fourth-order valence-electron chi connectivity index (χ4n) is 3.53. The molecule has 0 spiro atoms. The summed E-state index contributed by atoms with van der Waals surface area (Å²) in [6.45, 7) is 6.78. The van der Waals surface area contributed by atoms with Gasteiger partial charge in [0, 0.05) is 18.7 Å². The molecule has 0 bridgehead atoms. The molecular formula is C17H26F2N2. The van der Waals surface area contributed by atoms with Crippen LogP contribution < -0.4 is 5.73 Å². The minimum absolute atomic E-state index is 0.0955. The molecule has 1 saturated heterocycles. The van der Waals surface area contributed by atoms with Crippen LogP contribution in [-0.4, -0.2) is 24.5 Å². The number of rotatable bonds is 5. The molecule has 1 heterocycles. The molecule has 1 aromatic carbocycles. The van der Waals surface area contributed by atoms with Crippen LogP contribution in [0.4, 0.5) is 8.78 Å². The first-order valence-corrected chi connectivity index (χ1v) is 7.93. The quantitative estimate of drug-likeness (QED) is 0.894. The highest BCUT2D eigenvalue weighted by Gasteiger charge is 2.33. The van der Waals surface area contributed by atoms with Crippen molar-refractivity contribution < 1.29 is 8.78 Å². The Morgan fingerprint density at radius 3 is 2.05 bits per heavy atom. The van der Waals surface area contributed by atoms with E-state index in [1.807, 2.05) is 0 Å². The summed E-state index contributed by atoms with van der Waals surface area (Å²) in [4.78, 5) is 2.28. The number of piperidine rings is 1. The molecule has 1 atom stereocenters. The average Bonchev–Trinajstić information content (AvgIpc) is 2.48. The fraction of sp³-hybridized carbons (Fsp3) is 0.647. The SMILES string of the molecule is CCC1(CC)CCN(C(CN)c2cc(F)cc(F)c2)CC1. The van der Waals surface area contributed by atoms with Crippen molar-refractivity contribution >= 4 is 0 Å². The molecule has 118 valence electrons. The van der Waals surface area contributed by atoms with Gasteiger partial charge in [0.1, 0.15) is 11.6 Å². The van der Waals surface area contributed by atoms with E-state index >= 15 is 0 Å². The van der Waals surface area contributed by atoms with Crippen molar-refractivity contribution in [3.8, 4) is 0 Å². The fourth-order valence-corrected chi connectivity index (χ4v) is 3.53. The van der Waals surface area contributed by atoms with Crippen LogP contribution in [0.5, 0.6) is 0 Å². The molecule has 1 aliphatic rings. The summed E-state index contributed by atoms with van der Waals surface area (Å²) < 4.78 is 26.8. The van der Waals surface area contributed by atoms with E-state index in [1.165, 1.54) is 25.0 Å². The third-order valence-electron chi connectivity index (χ3n) is 5.29. The first-order valence-electron chi connectivity index (χ1n) is 7.93. The number of nitrogens with two attached hydrogens (primary N) is 1. The van der Waals surface area contributed by atoms with Crippen molar-refractivity contribution in [3.63, 3.8) is 0 Å². The zero-order chi connectivity index (χ0) is 15.5. The van der Waals surface area contributed by atoms with Crippen molar-refractivity contribution in [3.05, 3.63) is 35.4 Å². The molecule has 1 fully saturated rings. The Labute approximate surface area is 126 Å². The Morgan fingerprint density at radius 1 is 1.10 bits per heavy atom. The summed E-state index contributed by atoms with van der Waals surface area (Å²) in [5.74, 6) is -1.06. The summed E-state index contributed by atoms with van der Waals surface area (Å²) in [5.41, 5.74) is 6.96. The number of halogens is 2. The van der Waals surface area contributed by atoms with E-state index in [2.05, 4.69) is 18.7 Å². The van der Waals surface area contributed by atoms with E-state index in [0.29, 0.717) is 17.5 Å². The number of likely N-dealkylation sites (tertiary alicyclic amines) is 1. The minimum atomic E-state index is -0.531. The highest BCUT2D eigenvalue weighted by Crippen LogP contribution is 2.40. The van der Waals surface area contributed by atoms with Crippen molar-refractivity contribution in [2.24, 2.45) is 11.1 Å². The standard InChI is InChI=1S/C17H26F2N2/c1-3-17(4-2)5-7-21(8-6-17)16(12-20)13-9-14(18)11-15(19)10-13/h9-11,16H,3-8,12,20H2,1-2H3. The van der Waals surface area contributed by atoms with Gasteiger partial charge in [-0.2, -0.15) is 0 Å². The lowest BCUT2D eigenvalue weighted by atomic mass is 9.74. The molecule has 0 aromatic heterocycles. The highest BCUT2D eigenvalue weighted by atomic mass is 19.1. The predicted molar refractivity (Wildman–Crippen MR) is 82.0 cm³/mol. The molecule has 1 unspecified atom stereocenters. The van der Waals surface area contributed by atoms with E-state index in [9.17, 15) is 8.78 Å². The lowest BCUT2D eigenvalue weighted by molar-refractivity contribution is 0.0678. The summed E-state index contributed by atoms with van der Waals surface area (Å²) >= 11 is 0. The summed E-state index contributed by atoms with van der Waals surface area (Å²) in [7, 11) is 0. The van der Waals surface area contributed by atoms with Gasteiger partial charge in [-0.3, -0.25) is 4.90 Å². The normalized spacial score (nSPS) is 20.4. The molecular weight excluding hydrogens is 270 g/mol. The van der Waals surface area contributed by atoms with Crippen LogP contribution in [-0.2, 0) is 0 Å². The third-order valence-corrected chi connectivity index (χ3v) is 5.29. The summed E-state index contributed by atoms with van der Waals surface area (Å²) in [6.07, 6.45) is 4.65. The molecule has 0 aliphatic carbocycles. The van der Waals surface area contributed by atoms with Crippen molar-refractivity contribution in [1.29, 1.82) is 0 Å². The maximum Gasteiger partial charge on any atom is 0.126 e. The van der Waals surface area contributed by atoms with E-state index in [-0.39, 0.29) is 6.04 Å². The summed E-state index contributed by atoms with van der Waals surface area (Å²) in [5, 5.41) is 0. The van der Waals surface area contributed by atoms with Crippen LogP contribution in [0.25, 0.3) is 0 Å². The lowest BCUT2D eigenvalue weighted by Crippen LogP contribution is -2.43. The minimum Gasteiger partial charge on any atom is -0.329 e. The van der Waals surface area contributed by atoms with E-state index in [1.54, 1.807) is 0 Å². The van der Waals surface area contributed by atoms with E-state index in [0.717, 1.165) is 32.0 Å². The second-order valence-electron chi connectivity index (χ2n) is 6.20. The van der Waals surface area contributed by atoms with Crippen LogP contribution >= 0.6 is 0 Å². The molecule has 0 saturated carbocycles. The Balaban J connectivity index is 2.12. The van der Waals surface area contributed by atoms with Gasteiger partial charge in [-0.1, -0.05) is 26.7 Å². The molecule has 2 nitrogen and oxygen atoms in total. The van der Waals surface area contributed by atoms with Crippen molar-refractivity contribution in [2.45, 2.75) is 45.6 Å². The lowest BCUT2D eigenvalue weighted by Gasteiger charge is -2.44. The van der Waals surface area contributed by atoms with Crippen LogP contribution in [0.2, 0.25) is 0 Å². The first kappa shape index (κ1) is 16.4. The van der Waals surface area contributed by atoms with Crippen LogP contribution in [0, 0.1) is 17.0 Å². The third kappa shape index (κ3) is 3.61. The van der Waals surface area contributed by atoms with Gasteiger partial charge in [-0.15, -0.1) is 0 Å². The zero-order valence-electron chi connectivity index (χ0n) is 13.0. The maximum absolute atomic E-state index is 13.4.